The van der Waals surface area contributed by atoms with Gasteiger partial charge in [0.25, 0.3) is 0 Å². The summed E-state index contributed by atoms with van der Waals surface area (Å²) in [5, 5.41) is 18.5. The average molecular weight is 444 g/mol. The molecular formula is C25H24N4O4. The lowest BCUT2D eigenvalue weighted by Gasteiger charge is -2.16. The van der Waals surface area contributed by atoms with Crippen LogP contribution in [-0.2, 0) is 11.2 Å². The van der Waals surface area contributed by atoms with Gasteiger partial charge in [-0.1, -0.05) is 12.1 Å². The first-order valence-corrected chi connectivity index (χ1v) is 11.3. The molecule has 6 rings (SSSR count). The van der Waals surface area contributed by atoms with Gasteiger partial charge < -0.3 is 14.4 Å². The van der Waals surface area contributed by atoms with Crippen molar-refractivity contribution in [1.82, 2.24) is 19.7 Å². The fourth-order valence-corrected chi connectivity index (χ4v) is 4.80. The number of hydrogen-bond donors (Lipinski definition) is 2. The van der Waals surface area contributed by atoms with Crippen LogP contribution in [-0.4, -0.2) is 43.8 Å². The van der Waals surface area contributed by atoms with E-state index in [9.17, 15) is 14.7 Å². The highest BCUT2D eigenvalue weighted by Crippen LogP contribution is 2.34. The molecule has 2 N–H and O–H groups in total. The smallest absolute Gasteiger partial charge is 0.348 e. The summed E-state index contributed by atoms with van der Waals surface area (Å²) in [5.74, 6) is 1.29. The third-order valence-electron chi connectivity index (χ3n) is 6.74. The van der Waals surface area contributed by atoms with Crippen LogP contribution in [0, 0.1) is 11.8 Å². The first-order chi connectivity index (χ1) is 16.1. The molecule has 1 aliphatic carbocycles. The minimum absolute atomic E-state index is 0.00139. The van der Waals surface area contributed by atoms with E-state index in [1.54, 1.807) is 18.4 Å². The quantitative estimate of drug-likeness (QED) is 0.490. The monoisotopic (exact) mass is 444 g/mol. The molecule has 0 spiro atoms. The van der Waals surface area contributed by atoms with Gasteiger partial charge in [0.15, 0.2) is 0 Å². The maximum Gasteiger partial charge on any atom is 0.348 e. The van der Waals surface area contributed by atoms with Crippen molar-refractivity contribution in [2.45, 2.75) is 25.7 Å². The molecule has 2 aliphatic rings. The number of phenolic OH excluding ortho intramolecular Hbond substituents is 1. The maximum absolute atomic E-state index is 12.6. The molecule has 1 atom stereocenters. The number of aromatic hydroxyl groups is 1. The van der Waals surface area contributed by atoms with Gasteiger partial charge in [0.1, 0.15) is 17.2 Å². The summed E-state index contributed by atoms with van der Waals surface area (Å²) in [6.07, 6.45) is 5.11. The lowest BCUT2D eigenvalue weighted by molar-refractivity contribution is -0.131. The molecule has 2 aromatic carbocycles. The van der Waals surface area contributed by atoms with Gasteiger partial charge >= 0.3 is 5.69 Å². The molecule has 4 aromatic rings. The van der Waals surface area contributed by atoms with Gasteiger partial charge in [0, 0.05) is 30.8 Å². The Morgan fingerprint density at radius 3 is 2.76 bits per heavy atom. The summed E-state index contributed by atoms with van der Waals surface area (Å²) in [4.78, 5) is 26.9. The number of aromatic nitrogens is 3. The summed E-state index contributed by atoms with van der Waals surface area (Å²) < 4.78 is 6.83. The number of amides is 1. The van der Waals surface area contributed by atoms with Gasteiger partial charge in [-0.3, -0.25) is 4.79 Å². The highest BCUT2D eigenvalue weighted by atomic mass is 16.3. The number of carbonyl (C=O) groups is 1. The second kappa shape index (κ2) is 7.65. The number of aromatic amines is 1. The number of fused-ring (bicyclic) bond motifs is 1. The molecular weight excluding hydrogens is 420 g/mol. The molecule has 2 fully saturated rings. The third kappa shape index (κ3) is 3.61. The molecule has 1 saturated carbocycles. The van der Waals surface area contributed by atoms with Gasteiger partial charge in [0.2, 0.25) is 5.91 Å². The lowest BCUT2D eigenvalue weighted by atomic mass is 10.0. The Kier molecular flexibility index (Phi) is 4.60. The number of nitrogens with one attached hydrogen (secondary N) is 1. The number of benzene rings is 2. The molecule has 8 nitrogen and oxygen atoms in total. The van der Waals surface area contributed by atoms with Crippen molar-refractivity contribution in [3.05, 3.63) is 65.0 Å². The minimum Gasteiger partial charge on any atom is -0.506 e. The van der Waals surface area contributed by atoms with Crippen LogP contribution < -0.4 is 5.69 Å². The van der Waals surface area contributed by atoms with Crippen molar-refractivity contribution in [3.8, 4) is 22.6 Å². The van der Waals surface area contributed by atoms with Crippen molar-refractivity contribution in [2.75, 3.05) is 13.1 Å². The Balaban J connectivity index is 1.26. The van der Waals surface area contributed by atoms with E-state index < -0.39 is 5.69 Å². The predicted octanol–water partition coefficient (Wildman–Crippen LogP) is 3.48. The van der Waals surface area contributed by atoms with E-state index in [0.717, 1.165) is 47.9 Å². The van der Waals surface area contributed by atoms with E-state index in [4.69, 9.17) is 4.42 Å². The van der Waals surface area contributed by atoms with Crippen LogP contribution in [0.25, 0.3) is 27.8 Å². The molecule has 8 heteroatoms. The zero-order valence-electron chi connectivity index (χ0n) is 18.0. The van der Waals surface area contributed by atoms with Gasteiger partial charge in [-0.15, -0.1) is 0 Å². The summed E-state index contributed by atoms with van der Waals surface area (Å²) in [6, 6.07) is 13.0. The highest BCUT2D eigenvalue weighted by molar-refractivity contribution is 5.84. The molecule has 1 amide bonds. The highest BCUT2D eigenvalue weighted by Gasteiger charge is 2.37. The SMILES string of the molecule is O=C(C1CC1)N1CC[C@@H](Cc2n[nH]c(=O)n2-c2ccc(-c3ccc4occc4c3)cc2O)C1. The second-order valence-electron chi connectivity index (χ2n) is 9.07. The number of likely N-dealkylation sites (tertiary alicyclic amines) is 1. The summed E-state index contributed by atoms with van der Waals surface area (Å²) in [6.45, 7) is 1.45. The molecule has 3 heterocycles. The van der Waals surface area contributed by atoms with Crippen LogP contribution in [0.1, 0.15) is 25.1 Å². The number of furan rings is 1. The van der Waals surface area contributed by atoms with Gasteiger partial charge in [0.05, 0.1) is 12.0 Å². The van der Waals surface area contributed by atoms with E-state index in [1.807, 2.05) is 35.2 Å². The van der Waals surface area contributed by atoms with Crippen LogP contribution in [0.4, 0.5) is 0 Å². The Morgan fingerprint density at radius 2 is 1.94 bits per heavy atom. The summed E-state index contributed by atoms with van der Waals surface area (Å²) >= 11 is 0. The predicted molar refractivity (Wildman–Crippen MR) is 122 cm³/mol. The van der Waals surface area contributed by atoms with Crippen molar-refractivity contribution < 1.29 is 14.3 Å². The normalized spacial score (nSPS) is 18.3. The van der Waals surface area contributed by atoms with Crippen molar-refractivity contribution in [2.24, 2.45) is 11.8 Å². The van der Waals surface area contributed by atoms with Crippen molar-refractivity contribution in [1.29, 1.82) is 0 Å². The first kappa shape index (κ1) is 19.8. The van der Waals surface area contributed by atoms with E-state index in [-0.39, 0.29) is 23.5 Å². The molecule has 0 radical (unpaired) electrons. The maximum atomic E-state index is 12.6. The van der Waals surface area contributed by atoms with E-state index in [2.05, 4.69) is 10.2 Å². The standard InChI is InChI=1S/C25H24N4O4/c30-21-13-18(17-4-6-22-19(12-17)8-10-33-22)3-5-20(21)29-23(26-27-25(29)32)11-15-7-9-28(14-15)24(31)16-1-2-16/h3-6,8,10,12-13,15-16,30H,1-2,7,9,11,14H2,(H,27,32)/t15-/m0/s1. The molecule has 0 unspecified atom stereocenters. The third-order valence-corrected chi connectivity index (χ3v) is 6.74. The van der Waals surface area contributed by atoms with Crippen molar-refractivity contribution >= 4 is 16.9 Å². The number of rotatable bonds is 5. The van der Waals surface area contributed by atoms with Crippen LogP contribution in [0.15, 0.2) is 57.9 Å². The molecule has 1 aliphatic heterocycles. The zero-order valence-corrected chi connectivity index (χ0v) is 18.0. The van der Waals surface area contributed by atoms with E-state index >= 15 is 0 Å². The fraction of sp³-hybridized carbons (Fsp3) is 0.320. The number of hydrogen-bond acceptors (Lipinski definition) is 5. The van der Waals surface area contributed by atoms with E-state index in [1.165, 1.54) is 4.57 Å². The van der Waals surface area contributed by atoms with Crippen LogP contribution in [0.2, 0.25) is 0 Å². The van der Waals surface area contributed by atoms with Crippen molar-refractivity contribution in [3.63, 3.8) is 0 Å². The van der Waals surface area contributed by atoms with Crippen LogP contribution in [0.3, 0.4) is 0 Å². The Bertz CT molecular complexity index is 1410. The Morgan fingerprint density at radius 1 is 1.12 bits per heavy atom. The Hall–Kier alpha value is -3.81. The first-order valence-electron chi connectivity index (χ1n) is 11.3. The zero-order chi connectivity index (χ0) is 22.5. The van der Waals surface area contributed by atoms with Gasteiger partial charge in [-0.05, 0) is 66.6 Å². The molecule has 0 bridgehead atoms. The summed E-state index contributed by atoms with van der Waals surface area (Å²) in [7, 11) is 0. The second-order valence-corrected chi connectivity index (χ2v) is 9.07. The number of H-pyrrole nitrogens is 1. The van der Waals surface area contributed by atoms with Gasteiger partial charge in [-0.2, -0.15) is 5.10 Å². The largest absolute Gasteiger partial charge is 0.506 e. The summed E-state index contributed by atoms with van der Waals surface area (Å²) in [5.41, 5.74) is 2.58. The average Bonchev–Trinajstić information content (AvgIpc) is 3.21. The van der Waals surface area contributed by atoms with Crippen LogP contribution >= 0.6 is 0 Å². The molecule has 33 heavy (non-hydrogen) atoms. The topological polar surface area (TPSA) is 104 Å². The number of carbonyl (C=O) groups excluding carboxylic acids is 1. The van der Waals surface area contributed by atoms with E-state index in [0.29, 0.717) is 24.5 Å². The molecule has 1 saturated heterocycles. The van der Waals surface area contributed by atoms with Crippen LogP contribution in [0.5, 0.6) is 5.75 Å². The van der Waals surface area contributed by atoms with Gasteiger partial charge in [-0.25, -0.2) is 14.5 Å². The Labute approximate surface area is 189 Å². The number of phenols is 1. The molecule has 168 valence electrons. The minimum atomic E-state index is -0.392. The lowest BCUT2D eigenvalue weighted by Crippen LogP contribution is -2.30. The molecule has 2 aromatic heterocycles. The number of nitrogens with zero attached hydrogens (tertiary/aromatic N) is 3. The fourth-order valence-electron chi connectivity index (χ4n) is 4.80.